The number of rotatable bonds is 9. The van der Waals surface area contributed by atoms with Crippen molar-refractivity contribution in [3.8, 4) is 28.6 Å². The maximum Gasteiger partial charge on any atom is 0.342 e. The van der Waals surface area contributed by atoms with E-state index >= 15 is 0 Å². The molecule has 3 aromatic carbocycles. The molecule has 0 spiro atoms. The third kappa shape index (κ3) is 5.44. The van der Waals surface area contributed by atoms with Crippen LogP contribution in [0, 0.1) is 0 Å². The lowest BCUT2D eigenvalue weighted by atomic mass is 10.2. The summed E-state index contributed by atoms with van der Waals surface area (Å²) in [7, 11) is 0. The molecule has 0 unspecified atom stereocenters. The Labute approximate surface area is 201 Å². The van der Waals surface area contributed by atoms with Crippen molar-refractivity contribution in [3.63, 3.8) is 0 Å². The Morgan fingerprint density at radius 2 is 1.85 bits per heavy atom. The summed E-state index contributed by atoms with van der Waals surface area (Å²) in [4.78, 5) is 12.4. The van der Waals surface area contributed by atoms with Gasteiger partial charge in [0.2, 0.25) is 0 Å². The fourth-order valence-electron chi connectivity index (χ4n) is 3.24. The molecule has 34 heavy (non-hydrogen) atoms. The number of para-hydroxylation sites is 2. The minimum atomic E-state index is -0.321. The first kappa shape index (κ1) is 23.1. The molecule has 0 fully saturated rings. The summed E-state index contributed by atoms with van der Waals surface area (Å²) in [6.45, 7) is 2.20. The third-order valence-electron chi connectivity index (χ3n) is 4.77. The predicted octanol–water partition coefficient (Wildman–Crippen LogP) is 3.07. The Morgan fingerprint density at radius 1 is 1.12 bits per heavy atom. The zero-order valence-electron chi connectivity index (χ0n) is 18.5. The van der Waals surface area contributed by atoms with Crippen LogP contribution in [0.1, 0.15) is 12.5 Å². The molecule has 4 aromatic rings. The highest BCUT2D eigenvalue weighted by Gasteiger charge is 2.24. The number of carbonyl (C=O) groups excluding carboxylic acids is 1. The van der Waals surface area contributed by atoms with Crippen molar-refractivity contribution in [2.45, 2.75) is 12.1 Å². The largest absolute Gasteiger partial charge is 0.870 e. The highest BCUT2D eigenvalue weighted by atomic mass is 32.2. The van der Waals surface area contributed by atoms with Gasteiger partial charge in [0, 0.05) is 0 Å². The maximum absolute atomic E-state index is 12.4. The Morgan fingerprint density at radius 3 is 2.59 bits per heavy atom. The van der Waals surface area contributed by atoms with Gasteiger partial charge in [-0.3, -0.25) is 4.79 Å². The number of aromatic amines is 1. The molecule has 0 atom stereocenters. The molecule has 9 heteroatoms. The van der Waals surface area contributed by atoms with Crippen LogP contribution in [-0.4, -0.2) is 34.7 Å². The highest BCUT2D eigenvalue weighted by Crippen LogP contribution is 2.25. The molecule has 2 N–H and O–H groups in total. The zero-order chi connectivity index (χ0) is 23.8. The normalized spacial score (nSPS) is 11.0. The highest BCUT2D eigenvalue weighted by molar-refractivity contribution is 7.99. The van der Waals surface area contributed by atoms with Crippen LogP contribution in [0.3, 0.4) is 0 Å². The monoisotopic (exact) mass is 473 g/mol. The van der Waals surface area contributed by atoms with Crippen molar-refractivity contribution in [1.29, 1.82) is 0 Å². The quantitative estimate of drug-likeness (QED) is 0.168. The van der Waals surface area contributed by atoms with Crippen LogP contribution in [0.15, 0.2) is 89.1 Å². The van der Waals surface area contributed by atoms with Crippen molar-refractivity contribution in [1.82, 2.24) is 15.6 Å². The van der Waals surface area contributed by atoms with E-state index in [1.165, 1.54) is 18.0 Å². The number of amides is 1. The van der Waals surface area contributed by atoms with E-state index in [1.54, 1.807) is 18.2 Å². The van der Waals surface area contributed by atoms with Gasteiger partial charge in [0.05, 0.1) is 29.2 Å². The van der Waals surface area contributed by atoms with Crippen LogP contribution in [0.25, 0.3) is 17.1 Å². The van der Waals surface area contributed by atoms with Crippen LogP contribution in [0.5, 0.6) is 11.5 Å². The van der Waals surface area contributed by atoms with Crippen molar-refractivity contribution in [2.75, 3.05) is 12.4 Å². The summed E-state index contributed by atoms with van der Waals surface area (Å²) < 4.78 is 7.27. The Bertz CT molecular complexity index is 1280. The minimum absolute atomic E-state index is 0.0898. The molecule has 1 aromatic heterocycles. The van der Waals surface area contributed by atoms with Gasteiger partial charge in [0.15, 0.2) is 0 Å². The smallest absolute Gasteiger partial charge is 0.342 e. The molecular weight excluding hydrogens is 450 g/mol. The standard InChI is InChI=1S/C25H23N5O3S/c1-2-33-21-15-9-12-19(23(21)32)16-26-27-22(31)17-34-25-29-28-24(18-10-5-3-6-11-18)30(25)20-13-7-4-8-14-20/h3-16H,2,17H2,1H3,(H2,26,27,31,32). The van der Waals surface area contributed by atoms with Crippen molar-refractivity contribution in [2.24, 2.45) is 5.10 Å². The first-order valence-corrected chi connectivity index (χ1v) is 11.6. The van der Waals surface area contributed by atoms with Gasteiger partial charge in [0.1, 0.15) is 11.4 Å². The summed E-state index contributed by atoms with van der Waals surface area (Å²) in [6, 6.07) is 24.6. The average Bonchev–Trinajstić information content (AvgIpc) is 3.30. The zero-order valence-corrected chi connectivity index (χ0v) is 19.3. The SMILES string of the molecule is CCOc1cccc(C=NNC(=O)CSc2n[nH]c(-c3ccccc3)[n+]2-c2ccccc2)c1[O-]. The number of nitrogens with one attached hydrogen (secondary N) is 2. The number of aromatic nitrogens is 3. The Kier molecular flexibility index (Phi) is 7.56. The van der Waals surface area contributed by atoms with Crippen LogP contribution < -0.4 is 19.8 Å². The molecule has 0 saturated heterocycles. The molecule has 1 amide bonds. The molecule has 0 aliphatic heterocycles. The number of thioether (sulfide) groups is 1. The molecule has 0 aliphatic rings. The number of hydrogen-bond donors (Lipinski definition) is 2. The van der Waals surface area contributed by atoms with Gasteiger partial charge >= 0.3 is 5.16 Å². The molecule has 1 heterocycles. The first-order chi connectivity index (χ1) is 16.7. The van der Waals surface area contributed by atoms with E-state index in [2.05, 4.69) is 20.7 Å². The van der Waals surface area contributed by atoms with Crippen LogP contribution >= 0.6 is 11.8 Å². The van der Waals surface area contributed by atoms with Gasteiger partial charge in [-0.05, 0) is 54.6 Å². The van der Waals surface area contributed by atoms with Gasteiger partial charge in [-0.25, -0.2) is 5.43 Å². The van der Waals surface area contributed by atoms with Gasteiger partial charge in [-0.2, -0.15) is 9.67 Å². The first-order valence-electron chi connectivity index (χ1n) is 10.7. The van der Waals surface area contributed by atoms with Gasteiger partial charge < -0.3 is 9.84 Å². The van der Waals surface area contributed by atoms with E-state index in [0.717, 1.165) is 17.1 Å². The van der Waals surface area contributed by atoms with Crippen LogP contribution in [-0.2, 0) is 4.79 Å². The van der Waals surface area contributed by atoms with Gasteiger partial charge in [-0.15, -0.1) is 5.10 Å². The molecular formula is C25H23N5O3S. The maximum atomic E-state index is 12.4. The average molecular weight is 474 g/mol. The van der Waals surface area contributed by atoms with Crippen LogP contribution in [0.2, 0.25) is 0 Å². The lowest BCUT2D eigenvalue weighted by Crippen LogP contribution is -2.34. The summed E-state index contributed by atoms with van der Waals surface area (Å²) in [5.41, 5.74) is 4.69. The number of carbonyl (C=O) groups is 1. The molecule has 0 radical (unpaired) electrons. The Balaban J connectivity index is 1.46. The number of hydrogen-bond acceptors (Lipinski definition) is 6. The summed E-state index contributed by atoms with van der Waals surface area (Å²) >= 11 is 1.28. The minimum Gasteiger partial charge on any atom is -0.870 e. The lowest BCUT2D eigenvalue weighted by Gasteiger charge is -2.15. The lowest BCUT2D eigenvalue weighted by molar-refractivity contribution is -0.625. The molecule has 0 aliphatic carbocycles. The van der Waals surface area contributed by atoms with Gasteiger partial charge in [-0.1, -0.05) is 54.3 Å². The second kappa shape index (κ2) is 11.2. The summed E-state index contributed by atoms with van der Waals surface area (Å²) in [5.74, 6) is 0.562. The second-order valence-corrected chi connectivity index (χ2v) is 8.02. The van der Waals surface area contributed by atoms with E-state index in [4.69, 9.17) is 4.74 Å². The van der Waals surface area contributed by atoms with E-state index in [0.29, 0.717) is 17.3 Å². The van der Waals surface area contributed by atoms with Crippen molar-refractivity contribution in [3.05, 3.63) is 84.4 Å². The second-order valence-electron chi connectivity index (χ2n) is 7.08. The van der Waals surface area contributed by atoms with E-state index in [-0.39, 0.29) is 23.2 Å². The molecule has 0 saturated carbocycles. The fourth-order valence-corrected chi connectivity index (χ4v) is 4.00. The van der Waals surface area contributed by atoms with Gasteiger partial charge in [0.25, 0.3) is 11.7 Å². The molecule has 0 bridgehead atoms. The van der Waals surface area contributed by atoms with Crippen molar-refractivity contribution >= 4 is 23.9 Å². The topological polar surface area (TPSA) is 106 Å². The molecule has 172 valence electrons. The Hall–Kier alpha value is -4.11. The third-order valence-corrected chi connectivity index (χ3v) is 5.71. The molecule has 8 nitrogen and oxygen atoms in total. The van der Waals surface area contributed by atoms with E-state index in [9.17, 15) is 9.90 Å². The predicted molar refractivity (Wildman–Crippen MR) is 129 cm³/mol. The number of ether oxygens (including phenoxy) is 1. The van der Waals surface area contributed by atoms with Crippen LogP contribution in [0.4, 0.5) is 0 Å². The number of hydrazone groups is 1. The fraction of sp³-hybridized carbons (Fsp3) is 0.120. The number of H-pyrrole nitrogens is 1. The van der Waals surface area contributed by atoms with E-state index in [1.807, 2.05) is 72.2 Å². The number of benzene rings is 3. The summed E-state index contributed by atoms with van der Waals surface area (Å²) in [6.07, 6.45) is 1.32. The number of nitrogens with zero attached hydrogens (tertiary/aromatic N) is 3. The van der Waals surface area contributed by atoms with Crippen molar-refractivity contribution < 1.29 is 19.2 Å². The molecule has 4 rings (SSSR count). The summed E-state index contributed by atoms with van der Waals surface area (Å²) in [5, 5.41) is 24.4. The van der Waals surface area contributed by atoms with E-state index < -0.39 is 0 Å².